The topological polar surface area (TPSA) is 120 Å². The second-order valence-corrected chi connectivity index (χ2v) is 11.0. The van der Waals surface area contributed by atoms with Gasteiger partial charge in [-0.1, -0.05) is 26.2 Å². The van der Waals surface area contributed by atoms with Gasteiger partial charge in [0.2, 0.25) is 12.2 Å². The van der Waals surface area contributed by atoms with Crippen molar-refractivity contribution in [3.63, 3.8) is 0 Å². The van der Waals surface area contributed by atoms with Crippen LogP contribution >= 0.6 is 11.3 Å². The minimum Gasteiger partial charge on any atom is -0.434 e. The van der Waals surface area contributed by atoms with Crippen LogP contribution in [-0.4, -0.2) is 62.5 Å². The smallest absolute Gasteiger partial charge is 0.434 e. The first kappa shape index (κ1) is 24.8. The fourth-order valence-corrected chi connectivity index (χ4v) is 6.78. The van der Waals surface area contributed by atoms with E-state index >= 15 is 0 Å². The van der Waals surface area contributed by atoms with Gasteiger partial charge in [-0.2, -0.15) is 0 Å². The van der Waals surface area contributed by atoms with E-state index in [1.807, 2.05) is 17.5 Å². The van der Waals surface area contributed by atoms with E-state index < -0.39 is 30.4 Å². The minimum absolute atomic E-state index is 0.123. The fourth-order valence-electron chi connectivity index (χ4n) is 5.68. The summed E-state index contributed by atoms with van der Waals surface area (Å²) in [7, 11) is 0. The molecule has 1 aliphatic carbocycles. The SMILES string of the molecule is CC(OC(=O)OCC1CCCCC1)OC(=O)C1=C(c2cn3cncc3s2)[C@H](C)[C@@H]2[C@@H]([C@@H](C)O)C(=O)N12. The summed E-state index contributed by atoms with van der Waals surface area (Å²) in [4.78, 5) is 45.7. The number of nitrogens with zero attached hydrogens (tertiary/aromatic N) is 3. The van der Waals surface area contributed by atoms with Crippen LogP contribution in [0.25, 0.3) is 10.4 Å². The van der Waals surface area contributed by atoms with E-state index in [4.69, 9.17) is 14.2 Å². The van der Waals surface area contributed by atoms with Crippen LogP contribution < -0.4 is 0 Å². The van der Waals surface area contributed by atoms with Crippen molar-refractivity contribution >= 4 is 39.8 Å². The van der Waals surface area contributed by atoms with Gasteiger partial charge in [-0.25, -0.2) is 14.6 Å². The number of β-lactam (4-membered cyclic amide) rings is 1. The average molecular weight is 518 g/mol. The van der Waals surface area contributed by atoms with Crippen LogP contribution in [0.15, 0.2) is 24.4 Å². The summed E-state index contributed by atoms with van der Waals surface area (Å²) in [6.45, 7) is 5.24. The van der Waals surface area contributed by atoms with Gasteiger partial charge in [-0.3, -0.25) is 9.20 Å². The number of esters is 1. The number of hydrogen-bond donors (Lipinski definition) is 1. The number of carbonyl (C=O) groups excluding carboxylic acids is 3. The molecule has 5 atom stereocenters. The molecule has 0 bridgehead atoms. The molecule has 1 amide bonds. The van der Waals surface area contributed by atoms with Gasteiger partial charge in [0, 0.05) is 24.6 Å². The van der Waals surface area contributed by atoms with E-state index in [0.717, 1.165) is 35.4 Å². The van der Waals surface area contributed by atoms with E-state index in [1.54, 1.807) is 19.4 Å². The molecule has 1 saturated carbocycles. The predicted molar refractivity (Wildman–Crippen MR) is 130 cm³/mol. The number of aliphatic hydroxyl groups excluding tert-OH is 1. The number of ether oxygens (including phenoxy) is 3. The number of carbonyl (C=O) groups is 3. The van der Waals surface area contributed by atoms with Gasteiger partial charge >= 0.3 is 12.1 Å². The van der Waals surface area contributed by atoms with E-state index in [1.165, 1.54) is 29.6 Å². The van der Waals surface area contributed by atoms with Crippen molar-refractivity contribution in [2.75, 3.05) is 6.61 Å². The molecule has 194 valence electrons. The van der Waals surface area contributed by atoms with Crippen molar-refractivity contribution < 1.29 is 33.7 Å². The van der Waals surface area contributed by atoms with Crippen molar-refractivity contribution in [3.05, 3.63) is 29.3 Å². The Morgan fingerprint density at radius 2 is 1.97 bits per heavy atom. The molecule has 1 unspecified atom stereocenters. The van der Waals surface area contributed by atoms with Crippen LogP contribution in [0, 0.1) is 17.8 Å². The molecule has 2 aliphatic heterocycles. The molecule has 0 radical (unpaired) electrons. The Morgan fingerprint density at radius 1 is 1.22 bits per heavy atom. The number of hydrogen-bond acceptors (Lipinski definition) is 9. The summed E-state index contributed by atoms with van der Waals surface area (Å²) in [5, 5.41) is 10.2. The first-order chi connectivity index (χ1) is 17.3. The lowest BCUT2D eigenvalue weighted by atomic mass is 9.77. The highest BCUT2D eigenvalue weighted by Crippen LogP contribution is 2.51. The highest BCUT2D eigenvalue weighted by molar-refractivity contribution is 7.18. The third-order valence-corrected chi connectivity index (χ3v) is 8.50. The third kappa shape index (κ3) is 4.39. The molecule has 2 aromatic heterocycles. The van der Waals surface area contributed by atoms with Gasteiger partial charge < -0.3 is 24.2 Å². The highest BCUT2D eigenvalue weighted by atomic mass is 32.1. The van der Waals surface area contributed by atoms with Crippen LogP contribution in [-0.2, 0) is 23.8 Å². The van der Waals surface area contributed by atoms with Gasteiger partial charge in [-0.15, -0.1) is 11.3 Å². The third-order valence-electron chi connectivity index (χ3n) is 7.43. The average Bonchev–Trinajstić information content (AvgIpc) is 3.49. The Balaban J connectivity index is 1.32. The molecule has 0 spiro atoms. The normalized spacial score (nSPS) is 25.9. The highest BCUT2D eigenvalue weighted by Gasteiger charge is 2.60. The van der Waals surface area contributed by atoms with Crippen LogP contribution in [0.1, 0.15) is 57.8 Å². The molecular weight excluding hydrogens is 486 g/mol. The summed E-state index contributed by atoms with van der Waals surface area (Å²) in [5.41, 5.74) is 0.792. The Kier molecular flexibility index (Phi) is 6.78. The van der Waals surface area contributed by atoms with Crippen molar-refractivity contribution in [1.29, 1.82) is 0 Å². The predicted octanol–water partition coefficient (Wildman–Crippen LogP) is 3.59. The van der Waals surface area contributed by atoms with Crippen molar-refractivity contribution in [3.8, 4) is 0 Å². The number of amides is 1. The number of aromatic nitrogens is 2. The molecular formula is C25H31N3O7S. The second kappa shape index (κ2) is 9.85. The zero-order valence-corrected chi connectivity index (χ0v) is 21.4. The van der Waals surface area contributed by atoms with E-state index in [0.29, 0.717) is 11.5 Å². The Morgan fingerprint density at radius 3 is 2.67 bits per heavy atom. The fraction of sp³-hybridized carbons (Fsp3) is 0.600. The summed E-state index contributed by atoms with van der Waals surface area (Å²) in [6, 6.07) is -0.355. The molecule has 3 aliphatic rings. The maximum Gasteiger partial charge on any atom is 0.511 e. The number of imidazole rings is 1. The molecule has 2 fully saturated rings. The first-order valence-electron chi connectivity index (χ1n) is 12.5. The van der Waals surface area contributed by atoms with Gasteiger partial charge in [0.15, 0.2) is 0 Å². The van der Waals surface area contributed by atoms with Gasteiger partial charge in [-0.05, 0) is 25.7 Å². The summed E-state index contributed by atoms with van der Waals surface area (Å²) >= 11 is 1.45. The van der Waals surface area contributed by atoms with Gasteiger partial charge in [0.05, 0.1) is 42.1 Å². The van der Waals surface area contributed by atoms with Crippen LogP contribution in [0.2, 0.25) is 0 Å². The maximum absolute atomic E-state index is 13.4. The number of fused-ring (bicyclic) bond motifs is 2. The zero-order chi connectivity index (χ0) is 25.6. The lowest BCUT2D eigenvalue weighted by molar-refractivity contribution is -0.173. The molecule has 11 heteroatoms. The zero-order valence-electron chi connectivity index (χ0n) is 20.6. The molecule has 2 aromatic rings. The van der Waals surface area contributed by atoms with Crippen molar-refractivity contribution in [2.45, 2.75) is 71.3 Å². The Labute approximate surface area is 212 Å². The molecule has 5 rings (SSSR count). The largest absolute Gasteiger partial charge is 0.511 e. The second-order valence-electron chi connectivity index (χ2n) is 9.91. The number of thiazole rings is 1. The number of rotatable bonds is 7. The maximum atomic E-state index is 13.4. The van der Waals surface area contributed by atoms with Gasteiger partial charge in [0.1, 0.15) is 10.5 Å². The summed E-state index contributed by atoms with van der Waals surface area (Å²) in [5.74, 6) is -1.57. The quantitative estimate of drug-likeness (QED) is 0.336. The lowest BCUT2D eigenvalue weighted by Crippen LogP contribution is -2.63. The molecule has 0 aromatic carbocycles. The van der Waals surface area contributed by atoms with Crippen molar-refractivity contribution in [2.24, 2.45) is 17.8 Å². The Hall–Kier alpha value is -2.92. The van der Waals surface area contributed by atoms with E-state index in [2.05, 4.69) is 4.98 Å². The monoisotopic (exact) mass is 517 g/mol. The first-order valence-corrected chi connectivity index (χ1v) is 13.3. The molecule has 1 N–H and O–H groups in total. The molecule has 4 heterocycles. The summed E-state index contributed by atoms with van der Waals surface area (Å²) in [6.07, 6.45) is 7.85. The Bertz CT molecular complexity index is 1170. The van der Waals surface area contributed by atoms with E-state index in [9.17, 15) is 19.5 Å². The van der Waals surface area contributed by atoms with Gasteiger partial charge in [0.25, 0.3) is 0 Å². The van der Waals surface area contributed by atoms with Crippen LogP contribution in [0.3, 0.4) is 0 Å². The minimum atomic E-state index is -1.20. The molecule has 36 heavy (non-hydrogen) atoms. The number of aliphatic hydroxyl groups is 1. The van der Waals surface area contributed by atoms with E-state index in [-0.39, 0.29) is 30.2 Å². The summed E-state index contributed by atoms with van der Waals surface area (Å²) < 4.78 is 17.7. The molecule has 10 nitrogen and oxygen atoms in total. The standard InChI is InChI=1S/C25H31N3O7S/c1-13-19(17-10-27-12-26-9-18(27)36-17)22(28-21(13)20(14(2)29)23(28)30)24(31)34-15(3)35-25(32)33-11-16-7-5-4-6-8-16/h9-10,12-16,20-21,29H,4-8,11H2,1-3H3/t13-,14+,15?,20+,21+/m0/s1. The molecule has 1 saturated heterocycles. The lowest BCUT2D eigenvalue weighted by Gasteiger charge is -2.46. The van der Waals surface area contributed by atoms with Crippen molar-refractivity contribution in [1.82, 2.24) is 14.3 Å². The van der Waals surface area contributed by atoms with Crippen LogP contribution in [0.5, 0.6) is 0 Å². The van der Waals surface area contributed by atoms with Crippen LogP contribution in [0.4, 0.5) is 4.79 Å².